The molecule has 0 N–H and O–H groups in total. The van der Waals surface area contributed by atoms with Crippen LogP contribution < -0.4 is 0 Å². The lowest BCUT2D eigenvalue weighted by molar-refractivity contribution is 0.619. The topological polar surface area (TPSA) is 0 Å². The summed E-state index contributed by atoms with van der Waals surface area (Å²) in [4.78, 5) is 0.939. The molecular formula is C11H5Br3ClFS. The fraction of sp³-hybridized carbons (Fsp3) is 0.0909. The van der Waals surface area contributed by atoms with Crippen LogP contribution in [-0.4, -0.2) is 0 Å². The Balaban J connectivity index is 2.43. The van der Waals surface area contributed by atoms with E-state index in [0.717, 1.165) is 14.9 Å². The van der Waals surface area contributed by atoms with E-state index < -0.39 is 0 Å². The maximum atomic E-state index is 13.4. The molecule has 1 aromatic carbocycles. The highest BCUT2D eigenvalue weighted by atomic mass is 79.9. The molecule has 17 heavy (non-hydrogen) atoms. The third-order valence-corrected chi connectivity index (χ3v) is 6.83. The first-order valence-electron chi connectivity index (χ1n) is 4.53. The van der Waals surface area contributed by atoms with Crippen molar-refractivity contribution in [2.24, 2.45) is 0 Å². The van der Waals surface area contributed by atoms with Gasteiger partial charge in [-0.1, -0.05) is 39.7 Å². The van der Waals surface area contributed by atoms with Crippen molar-refractivity contribution in [2.75, 3.05) is 0 Å². The molecule has 1 aromatic heterocycles. The molecule has 1 heterocycles. The van der Waals surface area contributed by atoms with E-state index in [9.17, 15) is 4.39 Å². The minimum Gasteiger partial charge on any atom is -0.206 e. The molecule has 0 nitrogen and oxygen atoms in total. The van der Waals surface area contributed by atoms with Crippen molar-refractivity contribution < 1.29 is 4.39 Å². The maximum absolute atomic E-state index is 13.4. The van der Waals surface area contributed by atoms with Gasteiger partial charge < -0.3 is 0 Å². The van der Waals surface area contributed by atoms with Crippen molar-refractivity contribution in [2.45, 2.75) is 4.83 Å². The van der Waals surface area contributed by atoms with Gasteiger partial charge in [0, 0.05) is 9.35 Å². The Bertz CT molecular complexity index is 536. The van der Waals surface area contributed by atoms with E-state index in [1.54, 1.807) is 6.07 Å². The summed E-state index contributed by atoms with van der Waals surface area (Å²) >= 11 is 17.6. The molecule has 6 heteroatoms. The Labute approximate surface area is 133 Å². The van der Waals surface area contributed by atoms with Crippen LogP contribution in [0.5, 0.6) is 0 Å². The van der Waals surface area contributed by atoms with Crippen molar-refractivity contribution >= 4 is 70.7 Å². The summed E-state index contributed by atoms with van der Waals surface area (Å²) in [6.07, 6.45) is 0. The molecule has 90 valence electrons. The number of hydrogen-bond donors (Lipinski definition) is 0. The first-order chi connectivity index (χ1) is 8.00. The van der Waals surface area contributed by atoms with E-state index in [-0.39, 0.29) is 10.6 Å². The standard InChI is InChI=1S/C11H5Br3ClFS/c12-6-4-8(17-11(6)15)10(14)5-2-1-3-7(16)9(5)13/h1-4,10H. The van der Waals surface area contributed by atoms with E-state index >= 15 is 0 Å². The number of alkyl halides is 1. The first-order valence-corrected chi connectivity index (χ1v) is 8.23. The van der Waals surface area contributed by atoms with Crippen LogP contribution in [0.2, 0.25) is 4.34 Å². The van der Waals surface area contributed by atoms with E-state index in [2.05, 4.69) is 47.8 Å². The Kier molecular flexibility index (Phi) is 4.69. The summed E-state index contributed by atoms with van der Waals surface area (Å²) in [6, 6.07) is 6.91. The summed E-state index contributed by atoms with van der Waals surface area (Å²) in [7, 11) is 0. The zero-order chi connectivity index (χ0) is 12.6. The third-order valence-electron chi connectivity index (χ3n) is 2.17. The Morgan fingerprint density at radius 1 is 1.29 bits per heavy atom. The predicted molar refractivity (Wildman–Crippen MR) is 81.9 cm³/mol. The molecule has 0 aliphatic rings. The molecule has 2 rings (SSSR count). The minimum atomic E-state index is -0.270. The molecular weight excluding hydrogens is 458 g/mol. The molecule has 0 saturated heterocycles. The molecule has 0 spiro atoms. The van der Waals surface area contributed by atoms with Crippen LogP contribution in [0.25, 0.3) is 0 Å². The van der Waals surface area contributed by atoms with Crippen molar-refractivity contribution in [1.82, 2.24) is 0 Å². The summed E-state index contributed by atoms with van der Waals surface area (Å²) < 4.78 is 15.5. The van der Waals surface area contributed by atoms with Crippen molar-refractivity contribution in [3.8, 4) is 0 Å². The van der Waals surface area contributed by atoms with Crippen molar-refractivity contribution in [1.29, 1.82) is 0 Å². The van der Waals surface area contributed by atoms with Gasteiger partial charge in [0.25, 0.3) is 0 Å². The maximum Gasteiger partial charge on any atom is 0.137 e. The van der Waals surface area contributed by atoms with E-state index in [4.69, 9.17) is 11.6 Å². The van der Waals surface area contributed by atoms with Crippen LogP contribution >= 0.6 is 70.7 Å². The number of hydrogen-bond acceptors (Lipinski definition) is 1. The molecule has 2 aromatic rings. The van der Waals surface area contributed by atoms with Crippen LogP contribution in [0, 0.1) is 5.82 Å². The normalized spacial score (nSPS) is 12.8. The fourth-order valence-electron chi connectivity index (χ4n) is 1.36. The summed E-state index contributed by atoms with van der Waals surface area (Å²) in [5, 5.41) is 0. The molecule has 0 saturated carbocycles. The smallest absolute Gasteiger partial charge is 0.137 e. The lowest BCUT2D eigenvalue weighted by atomic mass is 10.1. The number of halogens is 5. The summed E-state index contributed by atoms with van der Waals surface area (Å²) in [5.41, 5.74) is 0.843. The molecule has 0 radical (unpaired) electrons. The summed E-state index contributed by atoms with van der Waals surface area (Å²) in [5.74, 6) is -0.270. The molecule has 0 aliphatic heterocycles. The van der Waals surface area contributed by atoms with Crippen LogP contribution in [-0.2, 0) is 0 Å². The van der Waals surface area contributed by atoms with E-state index in [0.29, 0.717) is 8.81 Å². The van der Waals surface area contributed by atoms with Gasteiger partial charge in [0.1, 0.15) is 10.2 Å². The monoisotopic (exact) mass is 460 g/mol. The second-order valence-electron chi connectivity index (χ2n) is 3.28. The highest BCUT2D eigenvalue weighted by Gasteiger charge is 2.18. The minimum absolute atomic E-state index is 0.0821. The number of benzene rings is 1. The van der Waals surface area contributed by atoms with Crippen LogP contribution in [0.3, 0.4) is 0 Å². The summed E-state index contributed by atoms with van der Waals surface area (Å²) in [6.45, 7) is 0. The van der Waals surface area contributed by atoms with Crippen LogP contribution in [0.1, 0.15) is 15.3 Å². The zero-order valence-electron chi connectivity index (χ0n) is 8.18. The van der Waals surface area contributed by atoms with E-state index in [1.165, 1.54) is 17.4 Å². The Morgan fingerprint density at radius 2 is 2.00 bits per heavy atom. The largest absolute Gasteiger partial charge is 0.206 e. The molecule has 1 unspecified atom stereocenters. The van der Waals surface area contributed by atoms with Gasteiger partial charge in [0.05, 0.1) is 9.30 Å². The number of rotatable bonds is 2. The van der Waals surface area contributed by atoms with Gasteiger partial charge in [-0.25, -0.2) is 4.39 Å². The van der Waals surface area contributed by atoms with Gasteiger partial charge in [-0.05, 0) is 49.6 Å². The Hall–Kier alpha value is 0.580. The average Bonchev–Trinajstić information content (AvgIpc) is 2.62. The second kappa shape index (κ2) is 5.70. The third kappa shape index (κ3) is 2.95. The van der Waals surface area contributed by atoms with Crippen molar-refractivity contribution in [3.05, 3.63) is 53.8 Å². The van der Waals surface area contributed by atoms with Crippen molar-refractivity contribution in [3.63, 3.8) is 0 Å². The van der Waals surface area contributed by atoms with Gasteiger partial charge in [0.2, 0.25) is 0 Å². The van der Waals surface area contributed by atoms with Gasteiger partial charge in [0.15, 0.2) is 0 Å². The fourth-order valence-corrected chi connectivity index (χ4v) is 4.69. The predicted octanol–water partition coefficient (Wildman–Crippen LogP) is 6.55. The zero-order valence-corrected chi connectivity index (χ0v) is 14.5. The highest BCUT2D eigenvalue weighted by Crippen LogP contribution is 2.43. The van der Waals surface area contributed by atoms with E-state index in [1.807, 2.05) is 12.1 Å². The van der Waals surface area contributed by atoms with Gasteiger partial charge in [-0.2, -0.15) is 0 Å². The molecule has 0 bridgehead atoms. The lowest BCUT2D eigenvalue weighted by Crippen LogP contribution is -1.93. The quantitative estimate of drug-likeness (QED) is 0.443. The molecule has 0 amide bonds. The molecule has 0 aliphatic carbocycles. The Morgan fingerprint density at radius 3 is 2.59 bits per heavy atom. The molecule has 0 fully saturated rings. The molecule has 1 atom stereocenters. The SMILES string of the molecule is Fc1cccc(C(Br)c2cc(Br)c(Cl)s2)c1Br. The number of thiophene rings is 1. The first kappa shape index (κ1) is 14.0. The van der Waals surface area contributed by atoms with Gasteiger partial charge in [-0.3, -0.25) is 0 Å². The average molecular weight is 463 g/mol. The van der Waals surface area contributed by atoms with Crippen LogP contribution in [0.4, 0.5) is 4.39 Å². The lowest BCUT2D eigenvalue weighted by Gasteiger charge is -2.10. The van der Waals surface area contributed by atoms with Gasteiger partial charge in [-0.15, -0.1) is 11.3 Å². The second-order valence-corrected chi connectivity index (χ2v) is 7.52. The van der Waals surface area contributed by atoms with Crippen LogP contribution in [0.15, 0.2) is 33.2 Å². The highest BCUT2D eigenvalue weighted by molar-refractivity contribution is 9.11. The van der Waals surface area contributed by atoms with Gasteiger partial charge >= 0.3 is 0 Å².